The number of hydrogen-bond donors (Lipinski definition) is 11. The second-order valence-corrected chi connectivity index (χ2v) is 14.4. The van der Waals surface area contributed by atoms with Gasteiger partial charge in [0.25, 0.3) is 0 Å². The zero-order valence-electron chi connectivity index (χ0n) is 33.1. The molecule has 1 heterocycles. The van der Waals surface area contributed by atoms with E-state index in [1.54, 1.807) is 24.3 Å². The van der Waals surface area contributed by atoms with Gasteiger partial charge in [0.1, 0.15) is 36.3 Å². The van der Waals surface area contributed by atoms with Gasteiger partial charge in [0.15, 0.2) is 5.96 Å². The average molecular weight is 835 g/mol. The molecule has 322 valence electrons. The maximum atomic E-state index is 14.1. The van der Waals surface area contributed by atoms with Crippen LogP contribution in [0.4, 0.5) is 0 Å². The number of guanidine groups is 1. The van der Waals surface area contributed by atoms with E-state index in [0.29, 0.717) is 17.0 Å². The number of benzene rings is 1. The molecular formula is C37H59ClN12O8. The predicted molar refractivity (Wildman–Crippen MR) is 216 cm³/mol. The van der Waals surface area contributed by atoms with Crippen molar-refractivity contribution >= 4 is 64.8 Å². The van der Waals surface area contributed by atoms with E-state index in [1.807, 2.05) is 6.92 Å². The van der Waals surface area contributed by atoms with Crippen LogP contribution in [0.3, 0.4) is 0 Å². The minimum Gasteiger partial charge on any atom is -0.370 e. The van der Waals surface area contributed by atoms with E-state index >= 15 is 0 Å². The molecule has 1 unspecified atom stereocenters. The summed E-state index contributed by atoms with van der Waals surface area (Å²) < 4.78 is 0. The van der Waals surface area contributed by atoms with E-state index in [4.69, 9.17) is 34.5 Å². The smallest absolute Gasteiger partial charge is 0.243 e. The molecule has 1 aromatic carbocycles. The summed E-state index contributed by atoms with van der Waals surface area (Å²) in [6.07, 6.45) is 1.40. The van der Waals surface area contributed by atoms with Crippen LogP contribution < -0.4 is 60.2 Å². The number of unbranched alkanes of at least 4 members (excludes halogenated alkanes) is 1. The maximum absolute atomic E-state index is 14.1. The number of hydrogen-bond acceptors (Lipinski definition) is 10. The zero-order chi connectivity index (χ0) is 43.2. The highest BCUT2D eigenvalue weighted by Gasteiger charge is 2.33. The number of carbonyl (C=O) groups excluding carboxylic acids is 8. The topological polar surface area (TPSA) is 337 Å². The third kappa shape index (κ3) is 18.2. The van der Waals surface area contributed by atoms with Crippen LogP contribution in [0.25, 0.3) is 0 Å². The Morgan fingerprint density at radius 3 is 2.05 bits per heavy atom. The lowest BCUT2D eigenvalue weighted by molar-refractivity contribution is -0.135. The summed E-state index contributed by atoms with van der Waals surface area (Å²) in [4.78, 5) is 110. The summed E-state index contributed by atoms with van der Waals surface area (Å²) in [6, 6.07) is -0.950. The zero-order valence-corrected chi connectivity index (χ0v) is 33.8. The molecule has 1 fully saturated rings. The van der Waals surface area contributed by atoms with Crippen LogP contribution >= 0.6 is 11.6 Å². The van der Waals surface area contributed by atoms with E-state index in [-0.39, 0.29) is 83.4 Å². The summed E-state index contributed by atoms with van der Waals surface area (Å²) >= 11 is 6.09. The van der Waals surface area contributed by atoms with Crippen molar-refractivity contribution in [3.05, 3.63) is 34.9 Å². The Kier molecular flexibility index (Phi) is 21.5. The SMILES string of the molecule is CCCC[C@H](NC(C)=O)C(=O)NC1CCC(=O)NCC[C@@H](C(N)=O)NC(=O)[C@H](CCCN=C(N)N)NC(=O)[C@@H](Cc2ccc(Cl)cc2)NC(=O)[C@H](CCCN)NC1=O. The molecule has 0 spiro atoms. The van der Waals surface area contributed by atoms with Gasteiger partial charge in [-0.25, -0.2) is 0 Å². The van der Waals surface area contributed by atoms with Gasteiger partial charge in [-0.15, -0.1) is 0 Å². The number of halogens is 1. The van der Waals surface area contributed by atoms with Crippen molar-refractivity contribution in [2.24, 2.45) is 27.9 Å². The molecule has 8 amide bonds. The molecule has 0 bridgehead atoms. The van der Waals surface area contributed by atoms with Gasteiger partial charge in [-0.1, -0.05) is 43.5 Å². The average Bonchev–Trinajstić information content (AvgIpc) is 3.16. The molecule has 1 aliphatic heterocycles. The first-order valence-corrected chi connectivity index (χ1v) is 19.8. The van der Waals surface area contributed by atoms with E-state index < -0.39 is 83.5 Å². The van der Waals surface area contributed by atoms with Gasteiger partial charge in [-0.3, -0.25) is 43.3 Å². The lowest BCUT2D eigenvalue weighted by atomic mass is 10.0. The molecule has 20 nitrogen and oxygen atoms in total. The molecule has 1 aromatic rings. The van der Waals surface area contributed by atoms with Gasteiger partial charge < -0.3 is 60.2 Å². The standard InChI is InChI=1S/C37H59ClN12O8/c1-3-4-7-25(45-21(2)51)32(54)49-28-14-15-30(52)43-19-16-24(31(40)53)46-33(55)27(9-6-18-44-37(41)42)48-36(58)29(20-22-10-12-23(38)13-11-22)50-34(56)26(8-5-17-39)47-35(28)57/h10-13,24-29H,3-9,14-20,39H2,1-2H3,(H2,40,53)(H,43,52)(H,45,51)(H,46,55)(H,47,57)(H,48,58)(H,49,54)(H,50,56)(H4,41,42,44)/t24-,25-,26-,27-,28?,29+/m0/s1. The molecule has 0 aromatic heterocycles. The Hall–Kier alpha value is -5.50. The van der Waals surface area contributed by atoms with Crippen LogP contribution in [-0.4, -0.2) is 109 Å². The largest absolute Gasteiger partial charge is 0.370 e. The predicted octanol–water partition coefficient (Wildman–Crippen LogP) is -2.42. The second-order valence-electron chi connectivity index (χ2n) is 14.0. The summed E-state index contributed by atoms with van der Waals surface area (Å²) in [7, 11) is 0. The van der Waals surface area contributed by atoms with Crippen molar-refractivity contribution in [1.82, 2.24) is 37.2 Å². The first-order chi connectivity index (χ1) is 27.5. The van der Waals surface area contributed by atoms with Gasteiger partial charge in [-0.2, -0.15) is 0 Å². The van der Waals surface area contributed by atoms with E-state index in [9.17, 15) is 38.4 Å². The summed E-state index contributed by atoms with van der Waals surface area (Å²) in [5.74, 6) is -5.92. The van der Waals surface area contributed by atoms with Crippen molar-refractivity contribution < 1.29 is 38.4 Å². The molecular weight excluding hydrogens is 776 g/mol. The number of nitrogens with two attached hydrogens (primary N) is 4. The Bertz CT molecular complexity index is 1610. The van der Waals surface area contributed by atoms with Crippen molar-refractivity contribution in [2.75, 3.05) is 19.6 Å². The van der Waals surface area contributed by atoms with Crippen LogP contribution in [0.1, 0.15) is 83.6 Å². The summed E-state index contributed by atoms with van der Waals surface area (Å²) in [6.45, 7) is 3.30. The Morgan fingerprint density at radius 1 is 0.845 bits per heavy atom. The first-order valence-electron chi connectivity index (χ1n) is 19.4. The highest BCUT2D eigenvalue weighted by molar-refractivity contribution is 6.30. The van der Waals surface area contributed by atoms with Crippen LogP contribution in [0.5, 0.6) is 0 Å². The lowest BCUT2D eigenvalue weighted by Gasteiger charge is -2.27. The fraction of sp³-hybridized carbons (Fsp3) is 0.595. The normalized spacial score (nSPS) is 21.9. The van der Waals surface area contributed by atoms with Crippen LogP contribution in [0.15, 0.2) is 29.3 Å². The Balaban J connectivity index is 2.59. The fourth-order valence-electron chi connectivity index (χ4n) is 5.99. The third-order valence-corrected chi connectivity index (χ3v) is 9.39. The minimum atomic E-state index is -1.35. The van der Waals surface area contributed by atoms with E-state index in [0.717, 1.165) is 6.42 Å². The highest BCUT2D eigenvalue weighted by Crippen LogP contribution is 2.13. The number of nitrogens with zero attached hydrogens (tertiary/aromatic N) is 1. The van der Waals surface area contributed by atoms with Crippen LogP contribution in [0, 0.1) is 0 Å². The van der Waals surface area contributed by atoms with E-state index in [1.165, 1.54) is 6.92 Å². The molecule has 58 heavy (non-hydrogen) atoms. The number of amides is 8. The molecule has 21 heteroatoms. The van der Waals surface area contributed by atoms with Crippen LogP contribution in [-0.2, 0) is 44.8 Å². The molecule has 0 saturated carbocycles. The van der Waals surface area contributed by atoms with Crippen molar-refractivity contribution in [1.29, 1.82) is 0 Å². The van der Waals surface area contributed by atoms with Gasteiger partial charge in [0.2, 0.25) is 47.3 Å². The van der Waals surface area contributed by atoms with Crippen LogP contribution in [0.2, 0.25) is 5.02 Å². The minimum absolute atomic E-state index is 0.00170. The van der Waals surface area contributed by atoms with Crippen molar-refractivity contribution in [3.63, 3.8) is 0 Å². The number of aliphatic imine (C=N–C) groups is 1. The number of nitrogens with one attached hydrogen (secondary N) is 7. The number of carbonyl (C=O) groups is 8. The van der Waals surface area contributed by atoms with E-state index in [2.05, 4.69) is 42.2 Å². The second kappa shape index (κ2) is 25.7. The molecule has 0 radical (unpaired) electrons. The molecule has 1 saturated heterocycles. The fourth-order valence-corrected chi connectivity index (χ4v) is 6.11. The Morgan fingerprint density at radius 2 is 1.45 bits per heavy atom. The number of rotatable bonds is 16. The third-order valence-electron chi connectivity index (χ3n) is 9.14. The van der Waals surface area contributed by atoms with Gasteiger partial charge >= 0.3 is 0 Å². The molecule has 15 N–H and O–H groups in total. The van der Waals surface area contributed by atoms with Gasteiger partial charge in [0, 0.05) is 37.9 Å². The Labute approximate surface area is 342 Å². The van der Waals surface area contributed by atoms with Gasteiger partial charge in [-0.05, 0) is 69.2 Å². The molecule has 6 atom stereocenters. The van der Waals surface area contributed by atoms with Crippen molar-refractivity contribution in [3.8, 4) is 0 Å². The lowest BCUT2D eigenvalue weighted by Crippen LogP contribution is -2.60. The summed E-state index contributed by atoms with van der Waals surface area (Å²) in [5.41, 5.74) is 22.8. The number of primary amides is 1. The molecule has 0 aliphatic carbocycles. The van der Waals surface area contributed by atoms with Gasteiger partial charge in [0.05, 0.1) is 0 Å². The highest BCUT2D eigenvalue weighted by atomic mass is 35.5. The molecule has 1 aliphatic rings. The summed E-state index contributed by atoms with van der Waals surface area (Å²) in [5, 5.41) is 18.8. The first kappa shape index (κ1) is 48.6. The molecule has 2 rings (SSSR count). The monoisotopic (exact) mass is 834 g/mol. The maximum Gasteiger partial charge on any atom is 0.243 e. The quantitative estimate of drug-likeness (QED) is 0.0473. The van der Waals surface area contributed by atoms with Crippen molar-refractivity contribution in [2.45, 2.75) is 121 Å².